The largest absolute Gasteiger partial charge is 0.494 e. The van der Waals surface area contributed by atoms with Gasteiger partial charge in [0.2, 0.25) is 0 Å². The van der Waals surface area contributed by atoms with Crippen LogP contribution in [0.15, 0.2) is 146 Å². The van der Waals surface area contributed by atoms with E-state index in [2.05, 4.69) is 110 Å². The van der Waals surface area contributed by atoms with Gasteiger partial charge in [-0.3, -0.25) is 19.2 Å². The van der Waals surface area contributed by atoms with Crippen LogP contribution in [-0.2, 0) is 63.8 Å². The van der Waals surface area contributed by atoms with Gasteiger partial charge in [-0.2, -0.15) is 0 Å². The molecule has 6 saturated heterocycles. The Labute approximate surface area is 827 Å². The number of likely N-dealkylation sites (tertiary alicyclic amines) is 4. The van der Waals surface area contributed by atoms with Crippen LogP contribution in [0.3, 0.4) is 0 Å². The minimum atomic E-state index is -0.247. The van der Waals surface area contributed by atoms with Gasteiger partial charge < -0.3 is 101 Å². The van der Waals surface area contributed by atoms with Crippen molar-refractivity contribution in [2.75, 3.05) is 94.0 Å². The number of rotatable bonds is 20. The highest BCUT2D eigenvalue weighted by molar-refractivity contribution is 6.05. The van der Waals surface area contributed by atoms with Crippen molar-refractivity contribution >= 4 is 112 Å². The van der Waals surface area contributed by atoms with Gasteiger partial charge >= 0.3 is 0 Å². The molecule has 6 aliphatic carbocycles. The number of carbonyl (C=O) groups is 4. The molecule has 12 fully saturated rings. The number of hydrogen-bond acceptors (Lipinski definition) is 21. The predicted octanol–water partition coefficient (Wildman–Crippen LogP) is 14.6. The maximum atomic E-state index is 13.6. The summed E-state index contributed by atoms with van der Waals surface area (Å²) in [7, 11) is 14.7. The number of nitrogens with zero attached hydrogens (tertiary/aromatic N) is 20. The van der Waals surface area contributed by atoms with Crippen LogP contribution in [-0.4, -0.2) is 250 Å². The number of piperidine rings is 3. The molecule has 4 aromatic carbocycles. The molecule has 33 nitrogen and oxygen atoms in total. The highest BCUT2D eigenvalue weighted by Crippen LogP contribution is 2.48. The normalized spacial score (nSPS) is 22.1. The Morgan fingerprint density at radius 3 is 1.05 bits per heavy atom. The molecule has 0 radical (unpaired) electrons. The van der Waals surface area contributed by atoms with Gasteiger partial charge in [-0.1, -0.05) is 0 Å². The first kappa shape index (κ1) is 90.7. The lowest BCUT2D eigenvalue weighted by Gasteiger charge is -2.51. The van der Waals surface area contributed by atoms with Gasteiger partial charge in [0.25, 0.3) is 23.6 Å². The Balaban J connectivity index is 0.000000100. The Bertz CT molecular complexity index is 7530. The SMILES string of the molecule is COc1cc(C(=O)N2CC3(CNCCO3)C2)cc2nc(-c3cc4cccnc4n3CC3CC3)n(C)c12.COc1cc(C(=O)N2CC3CCC2[C@@H]3N)cc2nc(-c3cc4cccnc4n3CC3CC3)n(C)c12.COc1cc(C(=O)N2CC3CCC2[C@H]3N)cc2nc(-c3cc4cccnc4n3CC3CC3)n(C)c12.COc1cc(C(=O)N2CC[C@@H]3OCCC[C@@H]3C2)cc2nc(-c3cc4cccnc4n3CC3CC3)n(C)c12. The molecule has 143 heavy (non-hydrogen) atoms. The molecule has 18 heterocycles. The molecule has 28 rings (SSSR count). The summed E-state index contributed by atoms with van der Waals surface area (Å²) < 4.78 is 52.6. The van der Waals surface area contributed by atoms with E-state index in [-0.39, 0.29) is 53.4 Å². The summed E-state index contributed by atoms with van der Waals surface area (Å²) in [5.41, 5.74) is 29.6. The lowest BCUT2D eigenvalue weighted by molar-refractivity contribution is -0.142. The van der Waals surface area contributed by atoms with Crippen LogP contribution in [0.4, 0.5) is 0 Å². The third-order valence-electron chi connectivity index (χ3n) is 32.9. The summed E-state index contributed by atoms with van der Waals surface area (Å²) >= 11 is 0. The third kappa shape index (κ3) is 16.2. The lowest BCUT2D eigenvalue weighted by Crippen LogP contribution is -2.70. The van der Waals surface area contributed by atoms with Crippen LogP contribution >= 0.6 is 0 Å². The molecule has 738 valence electrons. The van der Waals surface area contributed by atoms with Gasteiger partial charge in [0, 0.05) is 199 Å². The molecule has 12 aromatic heterocycles. The zero-order valence-corrected chi connectivity index (χ0v) is 82.5. The zero-order valence-electron chi connectivity index (χ0n) is 82.5. The van der Waals surface area contributed by atoms with E-state index in [0.717, 1.165) is 251 Å². The van der Waals surface area contributed by atoms with Crippen molar-refractivity contribution in [3.8, 4) is 69.1 Å². The second-order valence-electron chi connectivity index (χ2n) is 42.3. The van der Waals surface area contributed by atoms with Crippen LogP contribution in [0.25, 0.3) is 134 Å². The zero-order chi connectivity index (χ0) is 97.2. The predicted molar refractivity (Wildman–Crippen MR) is 546 cm³/mol. The van der Waals surface area contributed by atoms with E-state index in [1.54, 1.807) is 28.4 Å². The number of nitrogens with one attached hydrogen (secondary N) is 1. The van der Waals surface area contributed by atoms with Gasteiger partial charge in [0.15, 0.2) is 23.3 Å². The van der Waals surface area contributed by atoms with E-state index >= 15 is 0 Å². The van der Waals surface area contributed by atoms with Crippen molar-refractivity contribution in [1.29, 1.82) is 0 Å². The van der Waals surface area contributed by atoms with Crippen LogP contribution < -0.4 is 35.7 Å². The van der Waals surface area contributed by atoms with E-state index in [1.807, 2.05) is 145 Å². The number of fused-ring (bicyclic) bond motifs is 13. The smallest absolute Gasteiger partial charge is 0.254 e. The summed E-state index contributed by atoms with van der Waals surface area (Å²) in [5, 5.41) is 7.81. The molecule has 4 unspecified atom stereocenters. The van der Waals surface area contributed by atoms with Crippen molar-refractivity contribution < 1.29 is 47.6 Å². The Morgan fingerprint density at radius 1 is 0.399 bits per heavy atom. The van der Waals surface area contributed by atoms with Crippen LogP contribution in [0, 0.1) is 41.4 Å². The molecular weight excluding hydrogens is 1800 g/mol. The molecule has 6 aliphatic heterocycles. The maximum Gasteiger partial charge on any atom is 0.254 e. The number of ether oxygens (including phenoxy) is 6. The van der Waals surface area contributed by atoms with E-state index in [4.69, 9.17) is 59.8 Å². The third-order valence-corrected chi connectivity index (χ3v) is 32.9. The number of pyridine rings is 4. The standard InChI is InChI=1S/C29H33N5O3.C27H30N6O3.2C27H30N6O2/c1-32-26-22(31-28(32)23-14-19-5-3-10-30-27(19)34(23)16-18-7-8-18)13-21(15-25(26)36-2)29(35)33-11-9-24-20(17-33)6-4-12-37-24;1-31-23-20(30-25(31)21-11-18-4-3-7-29-24(18)33(21)13-17-5-6-17)10-19(12-22(23)35-2)26(34)32-15-27(16-32)14-28-8-9-36-27;2*1-31-24-19(10-18(12-22(24)35-2)27(34)33-14-17-7-8-20(33)23(17)28)30-26(31)21-11-16-4-3-9-29-25(16)32(21)13-15-5-6-15/h3,5,10,13-15,18,20,24H,4,6-9,11-12,16-17H2,1-2H3;3-4,7,10-12,17,28H,5-6,8-9,13-16H2,1-2H3;2*3-4,9-12,15,17,20,23H,5-8,13-14,28H2,1-2H3/t20-,24+;;2*17?,20?,23-/m1.10/s1. The number of aryl methyl sites for hydroxylation is 4. The molecule has 5 N–H and O–H groups in total. The fraction of sp³-hybridized carbons (Fsp3) is 0.455. The Morgan fingerprint density at radius 2 is 0.741 bits per heavy atom. The van der Waals surface area contributed by atoms with Crippen molar-refractivity contribution in [2.24, 2.45) is 81.1 Å². The molecule has 12 aliphatic rings. The van der Waals surface area contributed by atoms with E-state index in [9.17, 15) is 19.2 Å². The number of hydrogen-bond donors (Lipinski definition) is 3. The van der Waals surface area contributed by atoms with E-state index in [1.165, 1.54) is 51.4 Å². The number of benzene rings is 4. The topological polar surface area (TPSA) is 343 Å². The molecule has 8 atom stereocenters. The Hall–Kier alpha value is -13.6. The van der Waals surface area contributed by atoms with Crippen LogP contribution in [0.1, 0.15) is 138 Å². The fourth-order valence-corrected chi connectivity index (χ4v) is 24.6. The maximum absolute atomic E-state index is 13.6. The van der Waals surface area contributed by atoms with Crippen molar-refractivity contribution in [2.45, 2.75) is 158 Å². The lowest BCUT2D eigenvalue weighted by atomic mass is 9.88. The van der Waals surface area contributed by atoms with Gasteiger partial charge in [0.05, 0.1) is 99.1 Å². The summed E-state index contributed by atoms with van der Waals surface area (Å²) in [6, 6.07) is 40.5. The summed E-state index contributed by atoms with van der Waals surface area (Å²) in [4.78, 5) is 101. The highest BCUT2D eigenvalue weighted by atomic mass is 16.5. The van der Waals surface area contributed by atoms with Crippen molar-refractivity contribution in [1.82, 2.24) is 101 Å². The van der Waals surface area contributed by atoms with Crippen molar-refractivity contribution in [3.63, 3.8) is 0 Å². The van der Waals surface area contributed by atoms with Crippen molar-refractivity contribution in [3.05, 3.63) is 168 Å². The molecule has 33 heteroatoms. The summed E-state index contributed by atoms with van der Waals surface area (Å²) in [6.07, 6.45) is 25.1. The second kappa shape index (κ2) is 36.1. The van der Waals surface area contributed by atoms with Gasteiger partial charge in [-0.25, -0.2) is 39.9 Å². The van der Waals surface area contributed by atoms with Gasteiger partial charge in [0.1, 0.15) is 73.3 Å². The summed E-state index contributed by atoms with van der Waals surface area (Å²) in [5.74, 6) is 10.1. The minimum absolute atomic E-state index is 0.0192. The number of amides is 4. The number of aromatic nitrogens is 16. The minimum Gasteiger partial charge on any atom is -0.494 e. The molecule has 6 saturated carbocycles. The fourth-order valence-electron chi connectivity index (χ4n) is 24.6. The summed E-state index contributed by atoms with van der Waals surface area (Å²) in [6.45, 7) is 11.1. The number of carbonyl (C=O) groups excluding carboxylic acids is 4. The first-order valence-corrected chi connectivity index (χ1v) is 51.4. The quantitative estimate of drug-likeness (QED) is 0.0638. The average Bonchev–Trinajstić information content (AvgIpc) is 1.51. The highest BCUT2D eigenvalue weighted by Gasteiger charge is 2.51. The van der Waals surface area contributed by atoms with Crippen LogP contribution in [0.5, 0.6) is 23.0 Å². The van der Waals surface area contributed by atoms with Crippen LogP contribution in [0.2, 0.25) is 0 Å². The van der Waals surface area contributed by atoms with Gasteiger partial charge in [-0.05, 0) is 253 Å². The number of nitrogens with two attached hydrogens (primary N) is 2. The molecular formula is C110H123N23O10. The second-order valence-corrected chi connectivity index (χ2v) is 42.3. The first-order valence-electron chi connectivity index (χ1n) is 51.4. The molecule has 16 aromatic rings. The van der Waals surface area contributed by atoms with E-state index < -0.39 is 0 Å². The average molecular weight is 1930 g/mol. The molecule has 4 amide bonds. The van der Waals surface area contributed by atoms with Gasteiger partial charge in [-0.15, -0.1) is 0 Å². The monoisotopic (exact) mass is 1930 g/mol. The molecule has 4 bridgehead atoms. The Kier molecular flexibility index (Phi) is 22.9. The first-order chi connectivity index (χ1) is 69.7. The number of methoxy groups -OCH3 is 4. The van der Waals surface area contributed by atoms with E-state index in [0.29, 0.717) is 112 Å². The number of morpholine rings is 1. The number of imidazole rings is 4. The molecule has 1 spiro atoms.